The predicted molar refractivity (Wildman–Crippen MR) is 64.9 cm³/mol. The van der Waals surface area contributed by atoms with Crippen LogP contribution in [0, 0.1) is 0 Å². The van der Waals surface area contributed by atoms with Crippen molar-refractivity contribution in [1.29, 1.82) is 0 Å². The number of carbonyl (C=O) groups excluding carboxylic acids is 2. The third kappa shape index (κ3) is 2.72. The molecule has 9 heteroatoms. The average molecular weight is 285 g/mol. The normalized spacial score (nSPS) is 25.6. The Morgan fingerprint density at radius 3 is 2.80 bits per heavy atom. The molecule has 2 amide bonds. The van der Waals surface area contributed by atoms with E-state index in [2.05, 4.69) is 10.5 Å². The molecule has 2 N–H and O–H groups in total. The summed E-state index contributed by atoms with van der Waals surface area (Å²) in [6, 6.07) is -0.737. The van der Waals surface area contributed by atoms with Gasteiger partial charge < -0.3 is 24.9 Å². The molecular formula is C11H15N3O6. The van der Waals surface area contributed by atoms with Gasteiger partial charge in [-0.25, -0.2) is 4.79 Å². The number of morpholine rings is 1. The summed E-state index contributed by atoms with van der Waals surface area (Å²) in [6.45, 7) is 0.669. The van der Waals surface area contributed by atoms with Gasteiger partial charge in [-0.2, -0.15) is 0 Å². The molecule has 0 aromatic carbocycles. The minimum atomic E-state index is -1.22. The zero-order chi connectivity index (χ0) is 14.7. The minimum Gasteiger partial charge on any atom is -0.477 e. The lowest BCUT2D eigenvalue weighted by atomic mass is 10.1. The fourth-order valence-electron chi connectivity index (χ4n) is 2.07. The molecule has 0 bridgehead atoms. The first-order chi connectivity index (χ1) is 9.54. The van der Waals surface area contributed by atoms with Crippen molar-refractivity contribution in [3.63, 3.8) is 0 Å². The van der Waals surface area contributed by atoms with Crippen LogP contribution >= 0.6 is 0 Å². The van der Waals surface area contributed by atoms with Crippen LogP contribution in [0.4, 0.5) is 0 Å². The van der Waals surface area contributed by atoms with E-state index in [1.165, 1.54) is 11.9 Å². The number of carbonyl (C=O) groups is 3. The number of nitrogens with zero attached hydrogens (tertiary/aromatic N) is 2. The number of likely N-dealkylation sites (N-methyl/N-ethyl adjacent to an activating group) is 1. The Morgan fingerprint density at radius 2 is 2.20 bits per heavy atom. The number of nitrogens with one attached hydrogen (secondary N) is 1. The quantitative estimate of drug-likeness (QED) is 0.631. The van der Waals surface area contributed by atoms with Gasteiger partial charge in [-0.1, -0.05) is 5.16 Å². The van der Waals surface area contributed by atoms with Crippen molar-refractivity contribution >= 4 is 23.5 Å². The van der Waals surface area contributed by atoms with Crippen molar-refractivity contribution in [2.45, 2.75) is 18.6 Å². The second-order valence-electron chi connectivity index (χ2n) is 4.38. The second kappa shape index (κ2) is 5.87. The van der Waals surface area contributed by atoms with Crippen LogP contribution in [-0.4, -0.2) is 72.5 Å². The third-order valence-corrected chi connectivity index (χ3v) is 3.15. The Bertz CT molecular complexity index is 463. The molecule has 0 saturated carbocycles. The molecular weight excluding hydrogens is 270 g/mol. The number of carboxylic acids is 1. The molecule has 110 valence electrons. The smallest absolute Gasteiger partial charge is 0.353 e. The number of oxime groups is 1. The van der Waals surface area contributed by atoms with Gasteiger partial charge in [0.15, 0.2) is 5.71 Å². The number of amides is 2. The first kappa shape index (κ1) is 14.3. The van der Waals surface area contributed by atoms with Gasteiger partial charge in [-0.15, -0.1) is 0 Å². The Hall–Kier alpha value is -2.16. The van der Waals surface area contributed by atoms with Crippen molar-refractivity contribution in [3.05, 3.63) is 0 Å². The van der Waals surface area contributed by atoms with Gasteiger partial charge in [0.25, 0.3) is 5.91 Å². The van der Waals surface area contributed by atoms with Gasteiger partial charge in [0, 0.05) is 20.0 Å². The highest BCUT2D eigenvalue weighted by molar-refractivity contribution is 6.36. The molecule has 0 aromatic heterocycles. The summed E-state index contributed by atoms with van der Waals surface area (Å²) < 4.78 is 5.19. The number of hydrogen-bond donors (Lipinski definition) is 2. The molecule has 0 spiro atoms. The van der Waals surface area contributed by atoms with E-state index in [4.69, 9.17) is 14.7 Å². The monoisotopic (exact) mass is 285 g/mol. The first-order valence-electron chi connectivity index (χ1n) is 6.10. The van der Waals surface area contributed by atoms with E-state index in [0.29, 0.717) is 6.61 Å². The SMILES string of the molecule is CNC(=O)C1COCCN1C(=O)C1CC(C(=O)O)=NO1. The molecule has 2 rings (SSSR count). The average Bonchev–Trinajstić information content (AvgIpc) is 2.95. The second-order valence-corrected chi connectivity index (χ2v) is 4.38. The van der Waals surface area contributed by atoms with Gasteiger partial charge in [-0.3, -0.25) is 9.59 Å². The number of carboxylic acid groups (broad SMARTS) is 1. The summed E-state index contributed by atoms with van der Waals surface area (Å²) in [5, 5.41) is 14.6. The Kier molecular flexibility index (Phi) is 4.18. The Morgan fingerprint density at radius 1 is 1.45 bits per heavy atom. The van der Waals surface area contributed by atoms with E-state index >= 15 is 0 Å². The molecule has 2 unspecified atom stereocenters. The van der Waals surface area contributed by atoms with E-state index in [1.54, 1.807) is 0 Å². The summed E-state index contributed by atoms with van der Waals surface area (Å²) in [4.78, 5) is 41.0. The summed E-state index contributed by atoms with van der Waals surface area (Å²) >= 11 is 0. The molecule has 1 saturated heterocycles. The van der Waals surface area contributed by atoms with Crippen LogP contribution in [0.2, 0.25) is 0 Å². The molecule has 2 aliphatic rings. The van der Waals surface area contributed by atoms with E-state index in [9.17, 15) is 14.4 Å². The van der Waals surface area contributed by atoms with Crippen molar-refractivity contribution in [1.82, 2.24) is 10.2 Å². The Labute approximate surface area is 114 Å². The van der Waals surface area contributed by atoms with Gasteiger partial charge in [0.05, 0.1) is 13.2 Å². The summed E-state index contributed by atoms with van der Waals surface area (Å²) in [7, 11) is 1.47. The molecule has 0 aromatic rings. The van der Waals surface area contributed by atoms with E-state index < -0.39 is 24.0 Å². The van der Waals surface area contributed by atoms with E-state index in [-0.39, 0.29) is 31.2 Å². The fourth-order valence-corrected chi connectivity index (χ4v) is 2.07. The summed E-state index contributed by atoms with van der Waals surface area (Å²) in [6.07, 6.45) is -1.10. The highest BCUT2D eigenvalue weighted by Crippen LogP contribution is 2.17. The van der Waals surface area contributed by atoms with Crippen molar-refractivity contribution in [2.24, 2.45) is 5.16 Å². The van der Waals surface area contributed by atoms with Gasteiger partial charge in [-0.05, 0) is 0 Å². The van der Waals surface area contributed by atoms with Crippen molar-refractivity contribution in [2.75, 3.05) is 26.8 Å². The Balaban J connectivity index is 2.04. The van der Waals surface area contributed by atoms with Gasteiger partial charge in [0.2, 0.25) is 12.0 Å². The zero-order valence-corrected chi connectivity index (χ0v) is 10.9. The van der Waals surface area contributed by atoms with Crippen LogP contribution in [-0.2, 0) is 24.0 Å². The maximum atomic E-state index is 12.3. The number of rotatable bonds is 3. The standard InChI is InChI=1S/C11H15N3O6/c1-12-9(15)7-5-19-3-2-14(7)10(16)8-4-6(11(17)18)13-20-8/h7-8H,2-5H2,1H3,(H,12,15)(H,17,18). The minimum absolute atomic E-state index is 0.102. The van der Waals surface area contributed by atoms with E-state index in [0.717, 1.165) is 0 Å². The van der Waals surface area contributed by atoms with Crippen LogP contribution in [0.3, 0.4) is 0 Å². The van der Waals surface area contributed by atoms with Crippen LogP contribution in [0.15, 0.2) is 5.16 Å². The summed E-state index contributed by atoms with van der Waals surface area (Å²) in [5.41, 5.74) is -0.201. The zero-order valence-electron chi connectivity index (χ0n) is 10.9. The van der Waals surface area contributed by atoms with Crippen molar-refractivity contribution in [3.8, 4) is 0 Å². The largest absolute Gasteiger partial charge is 0.477 e. The predicted octanol–water partition coefficient (Wildman–Crippen LogP) is -1.81. The highest BCUT2D eigenvalue weighted by atomic mass is 16.6. The lowest BCUT2D eigenvalue weighted by molar-refractivity contribution is -0.156. The maximum Gasteiger partial charge on any atom is 0.353 e. The van der Waals surface area contributed by atoms with Crippen LogP contribution in [0.1, 0.15) is 6.42 Å². The van der Waals surface area contributed by atoms with Crippen LogP contribution in [0.25, 0.3) is 0 Å². The van der Waals surface area contributed by atoms with Crippen molar-refractivity contribution < 1.29 is 29.1 Å². The van der Waals surface area contributed by atoms with E-state index in [1.807, 2.05) is 0 Å². The third-order valence-electron chi connectivity index (χ3n) is 3.15. The topological polar surface area (TPSA) is 118 Å². The molecule has 2 aliphatic heterocycles. The highest BCUT2D eigenvalue weighted by Gasteiger charge is 2.40. The fraction of sp³-hybridized carbons (Fsp3) is 0.636. The first-order valence-corrected chi connectivity index (χ1v) is 6.10. The number of ether oxygens (including phenoxy) is 1. The number of aliphatic carboxylic acids is 1. The molecule has 2 heterocycles. The molecule has 1 fully saturated rings. The van der Waals surface area contributed by atoms with Gasteiger partial charge in [0.1, 0.15) is 6.04 Å². The van der Waals surface area contributed by atoms with Crippen LogP contribution in [0.5, 0.6) is 0 Å². The molecule has 0 radical (unpaired) electrons. The van der Waals surface area contributed by atoms with Crippen LogP contribution < -0.4 is 5.32 Å². The lowest BCUT2D eigenvalue weighted by Crippen LogP contribution is -2.57. The summed E-state index contributed by atoms with van der Waals surface area (Å²) in [5.74, 6) is -2.01. The maximum absolute atomic E-state index is 12.3. The molecule has 2 atom stereocenters. The molecule has 20 heavy (non-hydrogen) atoms. The number of hydrogen-bond acceptors (Lipinski definition) is 6. The molecule has 9 nitrogen and oxygen atoms in total. The lowest BCUT2D eigenvalue weighted by Gasteiger charge is -2.35. The van der Waals surface area contributed by atoms with Gasteiger partial charge >= 0.3 is 5.97 Å². The molecule has 0 aliphatic carbocycles.